The number of hydrogen-bond acceptors (Lipinski definition) is 3. The molecule has 0 radical (unpaired) electrons. The Morgan fingerprint density at radius 1 is 1.25 bits per heavy atom. The highest BCUT2D eigenvalue weighted by molar-refractivity contribution is 6.39. The fourth-order valence-corrected chi connectivity index (χ4v) is 2.38. The van der Waals surface area contributed by atoms with Gasteiger partial charge in [-0.15, -0.1) is 0 Å². The molecule has 4 nitrogen and oxygen atoms in total. The summed E-state index contributed by atoms with van der Waals surface area (Å²) in [6.45, 7) is 0. The molecule has 100 valence electrons. The lowest BCUT2D eigenvalue weighted by atomic mass is 10.0. The van der Waals surface area contributed by atoms with Crippen molar-refractivity contribution >= 4 is 28.3 Å². The number of pyridine rings is 1. The zero-order valence-electron chi connectivity index (χ0n) is 10.8. The first-order valence-corrected chi connectivity index (χ1v) is 6.47. The van der Waals surface area contributed by atoms with Crippen molar-refractivity contribution in [2.75, 3.05) is 7.11 Å². The zero-order valence-corrected chi connectivity index (χ0v) is 11.6. The maximum Gasteiger partial charge on any atom is 0.138 e. The van der Waals surface area contributed by atoms with Gasteiger partial charge < -0.3 is 9.82 Å². The lowest BCUT2D eigenvalue weighted by molar-refractivity contribution is 0.214. The normalized spacial score (nSPS) is 11.8. The lowest BCUT2D eigenvalue weighted by Crippen LogP contribution is -2.05. The van der Waals surface area contributed by atoms with Crippen LogP contribution < -0.4 is 0 Å². The van der Waals surface area contributed by atoms with E-state index in [0.717, 1.165) is 22.2 Å². The maximum atomic E-state index is 6.47. The summed E-state index contributed by atoms with van der Waals surface area (Å²) in [7, 11) is 1.51. The van der Waals surface area contributed by atoms with Crippen molar-refractivity contribution in [1.29, 1.82) is 0 Å². The number of H-pyrrole nitrogens is 1. The summed E-state index contributed by atoms with van der Waals surface area (Å²) in [5.74, 6) is 0. The molecule has 20 heavy (non-hydrogen) atoms. The topological polar surface area (TPSA) is 50.3 Å². The molecule has 3 aromatic rings. The Morgan fingerprint density at radius 3 is 2.80 bits per heavy atom. The van der Waals surface area contributed by atoms with E-state index < -0.39 is 0 Å². The second kappa shape index (κ2) is 5.35. The van der Waals surface area contributed by atoms with Crippen LogP contribution in [0.3, 0.4) is 0 Å². The first kappa shape index (κ1) is 12.7. The van der Waals surface area contributed by atoms with Gasteiger partial charge in [0.25, 0.3) is 0 Å². The Balaban J connectivity index is 2.20. The Morgan fingerprint density at radius 2 is 2.05 bits per heavy atom. The van der Waals surface area contributed by atoms with E-state index >= 15 is 0 Å². The Hall–Kier alpha value is -2.33. The van der Waals surface area contributed by atoms with E-state index in [2.05, 4.69) is 15.1 Å². The van der Waals surface area contributed by atoms with Crippen molar-refractivity contribution in [3.63, 3.8) is 0 Å². The fourth-order valence-electron chi connectivity index (χ4n) is 2.09. The molecule has 0 spiro atoms. The number of fused-ring (bicyclic) bond motifs is 1. The first-order valence-electron chi connectivity index (χ1n) is 6.10. The van der Waals surface area contributed by atoms with Crippen molar-refractivity contribution in [2.45, 2.75) is 0 Å². The predicted molar refractivity (Wildman–Crippen MR) is 80.2 cm³/mol. The maximum absolute atomic E-state index is 6.47. The van der Waals surface area contributed by atoms with Gasteiger partial charge in [0.1, 0.15) is 18.5 Å². The molecular formula is C15H12ClN3O. The van der Waals surface area contributed by atoms with E-state index in [1.807, 2.05) is 42.6 Å². The second-order valence-electron chi connectivity index (χ2n) is 4.21. The van der Waals surface area contributed by atoms with E-state index in [-0.39, 0.29) is 0 Å². The minimum absolute atomic E-state index is 0.607. The van der Waals surface area contributed by atoms with E-state index in [1.54, 1.807) is 6.20 Å². The molecule has 1 aromatic carbocycles. The number of rotatable bonds is 3. The van der Waals surface area contributed by atoms with Crippen molar-refractivity contribution in [1.82, 2.24) is 9.97 Å². The first-order chi connectivity index (χ1) is 9.81. The summed E-state index contributed by atoms with van der Waals surface area (Å²) in [6, 6.07) is 11.6. The molecule has 0 aliphatic carbocycles. The van der Waals surface area contributed by atoms with Gasteiger partial charge in [0.2, 0.25) is 0 Å². The minimum atomic E-state index is 0.607. The molecule has 3 rings (SSSR count). The SMILES string of the molecule is CON=C(c1ccccc1)c1cnc2[nH]ccc2c1Cl. The summed E-state index contributed by atoms with van der Waals surface area (Å²) in [4.78, 5) is 12.3. The molecule has 2 aromatic heterocycles. The van der Waals surface area contributed by atoms with Gasteiger partial charge in [-0.1, -0.05) is 47.1 Å². The van der Waals surface area contributed by atoms with Crippen molar-refractivity contribution in [3.05, 3.63) is 64.9 Å². The summed E-state index contributed by atoms with van der Waals surface area (Å²) in [5.41, 5.74) is 3.08. The van der Waals surface area contributed by atoms with Gasteiger partial charge in [-0.3, -0.25) is 0 Å². The third-order valence-corrected chi connectivity index (χ3v) is 3.41. The predicted octanol–water partition coefficient (Wildman–Crippen LogP) is 3.62. The quantitative estimate of drug-likeness (QED) is 0.590. The number of oxime groups is 1. The fraction of sp³-hybridized carbons (Fsp3) is 0.0667. The highest BCUT2D eigenvalue weighted by Gasteiger charge is 2.15. The van der Waals surface area contributed by atoms with E-state index in [4.69, 9.17) is 16.4 Å². The van der Waals surface area contributed by atoms with Gasteiger partial charge in [-0.05, 0) is 6.07 Å². The van der Waals surface area contributed by atoms with Crippen LogP contribution in [0.25, 0.3) is 11.0 Å². The van der Waals surface area contributed by atoms with Gasteiger partial charge in [-0.25, -0.2) is 4.98 Å². The van der Waals surface area contributed by atoms with Crippen LogP contribution in [0.5, 0.6) is 0 Å². The average molecular weight is 286 g/mol. The van der Waals surface area contributed by atoms with Crippen LogP contribution >= 0.6 is 11.6 Å². The van der Waals surface area contributed by atoms with Gasteiger partial charge in [0.15, 0.2) is 0 Å². The Labute approximate surface area is 121 Å². The molecule has 0 aliphatic rings. The van der Waals surface area contributed by atoms with Crippen molar-refractivity contribution < 1.29 is 4.84 Å². The molecule has 2 heterocycles. The van der Waals surface area contributed by atoms with Crippen LogP contribution in [0.1, 0.15) is 11.1 Å². The molecular weight excluding hydrogens is 274 g/mol. The molecule has 0 unspecified atom stereocenters. The van der Waals surface area contributed by atoms with Gasteiger partial charge in [0.05, 0.1) is 5.02 Å². The zero-order chi connectivity index (χ0) is 13.9. The van der Waals surface area contributed by atoms with Crippen LogP contribution in [-0.4, -0.2) is 22.8 Å². The van der Waals surface area contributed by atoms with Gasteiger partial charge >= 0.3 is 0 Å². The van der Waals surface area contributed by atoms with E-state index in [0.29, 0.717) is 10.7 Å². The van der Waals surface area contributed by atoms with Gasteiger partial charge in [0, 0.05) is 28.9 Å². The molecule has 0 fully saturated rings. The van der Waals surface area contributed by atoms with Crippen molar-refractivity contribution in [2.24, 2.45) is 5.16 Å². The Bertz CT molecular complexity index is 765. The molecule has 0 saturated heterocycles. The molecule has 0 bridgehead atoms. The number of nitrogens with one attached hydrogen (secondary N) is 1. The van der Waals surface area contributed by atoms with Crippen LogP contribution in [0, 0.1) is 0 Å². The van der Waals surface area contributed by atoms with Crippen LogP contribution in [0.4, 0.5) is 0 Å². The van der Waals surface area contributed by atoms with Gasteiger partial charge in [-0.2, -0.15) is 0 Å². The summed E-state index contributed by atoms with van der Waals surface area (Å²) < 4.78 is 0. The second-order valence-corrected chi connectivity index (χ2v) is 4.59. The van der Waals surface area contributed by atoms with Crippen LogP contribution in [-0.2, 0) is 4.84 Å². The number of halogens is 1. The molecule has 0 atom stereocenters. The van der Waals surface area contributed by atoms with Crippen LogP contribution in [0.15, 0.2) is 53.9 Å². The summed E-state index contributed by atoms with van der Waals surface area (Å²) in [5, 5.41) is 5.57. The van der Waals surface area contributed by atoms with E-state index in [9.17, 15) is 0 Å². The number of aromatic amines is 1. The number of benzene rings is 1. The standard InChI is InChI=1S/C15H12ClN3O/c1-20-19-14(10-5-3-2-4-6-10)12-9-18-15-11(13(12)16)7-8-17-15/h2-9H,1H3,(H,17,18). The molecule has 0 saturated carbocycles. The highest BCUT2D eigenvalue weighted by Crippen LogP contribution is 2.27. The summed E-state index contributed by atoms with van der Waals surface area (Å²) in [6.07, 6.45) is 3.51. The average Bonchev–Trinajstić information content (AvgIpc) is 2.96. The minimum Gasteiger partial charge on any atom is -0.399 e. The third kappa shape index (κ3) is 2.14. The molecule has 5 heteroatoms. The monoisotopic (exact) mass is 285 g/mol. The summed E-state index contributed by atoms with van der Waals surface area (Å²) >= 11 is 6.47. The lowest BCUT2D eigenvalue weighted by Gasteiger charge is -2.08. The molecule has 0 amide bonds. The largest absolute Gasteiger partial charge is 0.399 e. The molecule has 0 aliphatic heterocycles. The van der Waals surface area contributed by atoms with Crippen LogP contribution in [0.2, 0.25) is 5.02 Å². The smallest absolute Gasteiger partial charge is 0.138 e. The Kier molecular flexibility index (Phi) is 3.39. The van der Waals surface area contributed by atoms with Crippen molar-refractivity contribution in [3.8, 4) is 0 Å². The highest BCUT2D eigenvalue weighted by atomic mass is 35.5. The third-order valence-electron chi connectivity index (χ3n) is 3.01. The number of aromatic nitrogens is 2. The van der Waals surface area contributed by atoms with E-state index in [1.165, 1.54) is 7.11 Å². The number of hydrogen-bond donors (Lipinski definition) is 1. The molecule has 1 N–H and O–H groups in total. The number of nitrogens with zero attached hydrogens (tertiary/aromatic N) is 2.